The second-order valence-electron chi connectivity index (χ2n) is 3.13. The quantitative estimate of drug-likeness (QED) is 0.834. The number of carbonyl (C=O) groups excluding carboxylic acids is 1. The number of thiophene rings is 1. The van der Waals surface area contributed by atoms with Crippen molar-refractivity contribution < 1.29 is 18.0 Å². The molecule has 0 radical (unpaired) electrons. The molecule has 0 aliphatic carbocycles. The maximum Gasteiger partial charge on any atom is 0.401 e. The Balaban J connectivity index is 2.12. The van der Waals surface area contributed by atoms with Crippen LogP contribution in [-0.4, -0.2) is 25.2 Å². The summed E-state index contributed by atoms with van der Waals surface area (Å²) in [4.78, 5) is 11.1. The van der Waals surface area contributed by atoms with Gasteiger partial charge in [0.05, 0.1) is 13.1 Å². The molecule has 0 unspecified atom stereocenters. The molecule has 0 saturated carbocycles. The molecule has 2 N–H and O–H groups in total. The SMILES string of the molecule is O=C(CNCC(F)(F)F)NCc1ccsc1. The average molecular weight is 252 g/mol. The van der Waals surface area contributed by atoms with Crippen LogP contribution in [0.5, 0.6) is 0 Å². The van der Waals surface area contributed by atoms with Gasteiger partial charge in [-0.1, -0.05) is 0 Å². The molecular formula is C9H11F3N2OS. The molecule has 0 spiro atoms. The number of halogens is 3. The Hall–Kier alpha value is -1.08. The van der Waals surface area contributed by atoms with E-state index in [1.54, 1.807) is 0 Å². The molecule has 0 fully saturated rings. The average Bonchev–Trinajstić information content (AvgIpc) is 2.65. The highest BCUT2D eigenvalue weighted by Crippen LogP contribution is 2.11. The molecule has 3 nitrogen and oxygen atoms in total. The van der Waals surface area contributed by atoms with Crippen LogP contribution in [0.4, 0.5) is 13.2 Å². The van der Waals surface area contributed by atoms with Gasteiger partial charge >= 0.3 is 6.18 Å². The van der Waals surface area contributed by atoms with Crippen molar-refractivity contribution in [2.75, 3.05) is 13.1 Å². The first-order valence-corrected chi connectivity index (χ1v) is 5.47. The van der Waals surface area contributed by atoms with Crippen LogP contribution in [0.3, 0.4) is 0 Å². The van der Waals surface area contributed by atoms with Crippen LogP contribution in [0.1, 0.15) is 5.56 Å². The minimum atomic E-state index is -4.28. The molecule has 7 heteroatoms. The van der Waals surface area contributed by atoms with Crippen molar-refractivity contribution in [3.05, 3.63) is 22.4 Å². The monoisotopic (exact) mass is 252 g/mol. The minimum Gasteiger partial charge on any atom is -0.351 e. The highest BCUT2D eigenvalue weighted by Gasteiger charge is 2.26. The van der Waals surface area contributed by atoms with Crippen molar-refractivity contribution in [2.45, 2.75) is 12.7 Å². The third kappa shape index (κ3) is 5.72. The summed E-state index contributed by atoms with van der Waals surface area (Å²) in [5, 5.41) is 8.26. The highest BCUT2D eigenvalue weighted by atomic mass is 32.1. The van der Waals surface area contributed by atoms with E-state index in [2.05, 4.69) is 5.32 Å². The number of amides is 1. The van der Waals surface area contributed by atoms with Crippen LogP contribution in [0.25, 0.3) is 0 Å². The zero-order valence-electron chi connectivity index (χ0n) is 8.30. The van der Waals surface area contributed by atoms with Crippen LogP contribution in [-0.2, 0) is 11.3 Å². The van der Waals surface area contributed by atoms with Crippen molar-refractivity contribution in [2.24, 2.45) is 0 Å². The number of hydrogen-bond acceptors (Lipinski definition) is 3. The Morgan fingerprint density at radius 1 is 1.44 bits per heavy atom. The molecular weight excluding hydrogens is 241 g/mol. The normalized spacial score (nSPS) is 11.4. The van der Waals surface area contributed by atoms with Crippen molar-refractivity contribution in [3.8, 4) is 0 Å². The van der Waals surface area contributed by atoms with E-state index >= 15 is 0 Å². The first-order chi connectivity index (χ1) is 7.47. The predicted octanol–water partition coefficient (Wildman–Crippen LogP) is 1.52. The van der Waals surface area contributed by atoms with Crippen LogP contribution in [0.15, 0.2) is 16.8 Å². The fourth-order valence-electron chi connectivity index (χ4n) is 0.974. The Morgan fingerprint density at radius 3 is 2.75 bits per heavy atom. The number of rotatable bonds is 5. The lowest BCUT2D eigenvalue weighted by Crippen LogP contribution is -2.37. The van der Waals surface area contributed by atoms with Gasteiger partial charge in [-0.15, -0.1) is 0 Å². The topological polar surface area (TPSA) is 41.1 Å². The lowest BCUT2D eigenvalue weighted by molar-refractivity contribution is -0.128. The van der Waals surface area contributed by atoms with Gasteiger partial charge in [0.25, 0.3) is 0 Å². The lowest BCUT2D eigenvalue weighted by atomic mass is 10.3. The second-order valence-corrected chi connectivity index (χ2v) is 3.91. The van der Waals surface area contributed by atoms with E-state index in [4.69, 9.17) is 0 Å². The predicted molar refractivity (Wildman–Crippen MR) is 55.1 cm³/mol. The van der Waals surface area contributed by atoms with E-state index in [1.807, 2.05) is 22.1 Å². The molecule has 90 valence electrons. The Bertz CT molecular complexity index is 324. The van der Waals surface area contributed by atoms with Crippen molar-refractivity contribution >= 4 is 17.2 Å². The fraction of sp³-hybridized carbons (Fsp3) is 0.444. The molecule has 0 saturated heterocycles. The Kier molecular flexibility index (Phi) is 4.75. The number of alkyl halides is 3. The first-order valence-electron chi connectivity index (χ1n) is 4.52. The van der Waals surface area contributed by atoms with Crippen molar-refractivity contribution in [1.82, 2.24) is 10.6 Å². The third-order valence-corrected chi connectivity index (χ3v) is 2.41. The summed E-state index contributed by atoms with van der Waals surface area (Å²) >= 11 is 1.50. The largest absolute Gasteiger partial charge is 0.401 e. The summed E-state index contributed by atoms with van der Waals surface area (Å²) < 4.78 is 35.2. The Labute approximate surface area is 94.7 Å². The Morgan fingerprint density at radius 2 is 2.19 bits per heavy atom. The van der Waals surface area contributed by atoms with E-state index in [0.29, 0.717) is 6.54 Å². The van der Waals surface area contributed by atoms with Crippen molar-refractivity contribution in [3.63, 3.8) is 0 Å². The molecule has 0 bridgehead atoms. The second kappa shape index (κ2) is 5.86. The molecule has 16 heavy (non-hydrogen) atoms. The zero-order valence-corrected chi connectivity index (χ0v) is 9.12. The van der Waals surface area contributed by atoms with Crippen LogP contribution in [0, 0.1) is 0 Å². The summed E-state index contributed by atoms with van der Waals surface area (Å²) in [6.07, 6.45) is -4.28. The summed E-state index contributed by atoms with van der Waals surface area (Å²) in [5.41, 5.74) is 0.939. The molecule has 1 aromatic heterocycles. The van der Waals surface area contributed by atoms with Crippen molar-refractivity contribution in [1.29, 1.82) is 0 Å². The van der Waals surface area contributed by atoms with E-state index in [-0.39, 0.29) is 6.54 Å². The summed E-state index contributed by atoms with van der Waals surface area (Å²) in [5.74, 6) is -0.449. The van der Waals surface area contributed by atoms with Gasteiger partial charge in [-0.3, -0.25) is 4.79 Å². The molecule has 0 aromatic carbocycles. The van der Waals surface area contributed by atoms with Crippen LogP contribution in [0.2, 0.25) is 0 Å². The van der Waals surface area contributed by atoms with Gasteiger partial charge in [-0.2, -0.15) is 24.5 Å². The maximum absolute atomic E-state index is 11.7. The van der Waals surface area contributed by atoms with Gasteiger partial charge in [-0.25, -0.2) is 0 Å². The summed E-state index contributed by atoms with van der Waals surface area (Å²) in [6, 6.07) is 1.84. The molecule has 0 atom stereocenters. The fourth-order valence-corrected chi connectivity index (χ4v) is 1.64. The van der Waals surface area contributed by atoms with E-state index < -0.39 is 18.6 Å². The van der Waals surface area contributed by atoms with E-state index in [1.165, 1.54) is 11.3 Å². The number of carbonyl (C=O) groups is 1. The third-order valence-electron chi connectivity index (χ3n) is 1.68. The van der Waals surface area contributed by atoms with E-state index in [9.17, 15) is 18.0 Å². The molecule has 1 amide bonds. The number of nitrogens with one attached hydrogen (secondary N) is 2. The van der Waals surface area contributed by atoms with Gasteiger partial charge in [0, 0.05) is 6.54 Å². The molecule has 0 aliphatic rings. The van der Waals surface area contributed by atoms with Gasteiger partial charge in [0.1, 0.15) is 0 Å². The van der Waals surface area contributed by atoms with Gasteiger partial charge < -0.3 is 10.6 Å². The molecule has 0 aliphatic heterocycles. The molecule has 1 rings (SSSR count). The standard InChI is InChI=1S/C9H11F3N2OS/c10-9(11,12)6-13-4-8(15)14-3-7-1-2-16-5-7/h1-2,5,13H,3-4,6H2,(H,14,15). The lowest BCUT2D eigenvalue weighted by Gasteiger charge is -2.08. The minimum absolute atomic E-state index is 0.330. The van der Waals surface area contributed by atoms with Crippen LogP contribution >= 0.6 is 11.3 Å². The van der Waals surface area contributed by atoms with Gasteiger partial charge in [0.2, 0.25) is 5.91 Å². The van der Waals surface area contributed by atoms with Crippen LogP contribution < -0.4 is 10.6 Å². The maximum atomic E-state index is 11.7. The first kappa shape index (κ1) is 13.0. The number of hydrogen-bond donors (Lipinski definition) is 2. The van der Waals surface area contributed by atoms with E-state index in [0.717, 1.165) is 5.56 Å². The van der Waals surface area contributed by atoms with Gasteiger partial charge in [0.15, 0.2) is 0 Å². The van der Waals surface area contributed by atoms with Gasteiger partial charge in [-0.05, 0) is 22.4 Å². The molecule has 1 heterocycles. The smallest absolute Gasteiger partial charge is 0.351 e. The molecule has 1 aromatic rings. The zero-order chi connectivity index (χ0) is 12.0. The summed E-state index contributed by atoms with van der Waals surface area (Å²) in [7, 11) is 0. The summed E-state index contributed by atoms with van der Waals surface area (Å²) in [6.45, 7) is -1.14. The highest BCUT2D eigenvalue weighted by molar-refractivity contribution is 7.07.